The number of sulfonamides is 1. The number of methoxy groups -OCH3 is 2. The molecule has 1 aromatic heterocycles. The predicted octanol–water partition coefficient (Wildman–Crippen LogP) is 2.02. The summed E-state index contributed by atoms with van der Waals surface area (Å²) in [6.07, 6.45) is 0.201. The number of amides is 3. The number of nitrogens with zero attached hydrogens (tertiary/aromatic N) is 1. The molecule has 3 amide bonds. The van der Waals surface area contributed by atoms with Gasteiger partial charge in [-0.15, -0.1) is 0 Å². The largest absolute Gasteiger partial charge is 0.497 e. The van der Waals surface area contributed by atoms with E-state index >= 15 is 0 Å². The van der Waals surface area contributed by atoms with Gasteiger partial charge in [-0.3, -0.25) is 14.4 Å². The number of carboxylic acids is 1. The number of hydrogen-bond acceptors (Lipinski definition) is 10. The van der Waals surface area contributed by atoms with Crippen molar-refractivity contribution < 1.29 is 46.9 Å². The highest BCUT2D eigenvalue weighted by atomic mass is 35.5. The number of carbonyl (C=O) groups excluding carboxylic acids is 3. The summed E-state index contributed by atoms with van der Waals surface area (Å²) < 4.78 is 42.5. The molecular formula is C26H25ClN4O10S. The number of aromatic nitrogens is 1. The average molecular weight is 621 g/mol. The average Bonchev–Trinajstić information content (AvgIpc) is 2.96. The molecule has 14 nitrogen and oxygen atoms in total. The lowest BCUT2D eigenvalue weighted by molar-refractivity contribution is -0.135. The van der Waals surface area contributed by atoms with Gasteiger partial charge < -0.3 is 30.0 Å². The van der Waals surface area contributed by atoms with Crippen LogP contribution < -0.4 is 29.6 Å². The zero-order valence-corrected chi connectivity index (χ0v) is 23.7. The topological polar surface area (TPSA) is 199 Å². The summed E-state index contributed by atoms with van der Waals surface area (Å²) in [6, 6.07) is 11.5. The second-order valence-corrected chi connectivity index (χ2v) is 10.4. The third kappa shape index (κ3) is 8.55. The molecule has 4 N–H and O–H groups in total. The van der Waals surface area contributed by atoms with Crippen LogP contribution in [0.3, 0.4) is 0 Å². The van der Waals surface area contributed by atoms with E-state index in [0.29, 0.717) is 17.7 Å². The molecule has 42 heavy (non-hydrogen) atoms. The summed E-state index contributed by atoms with van der Waals surface area (Å²) in [7, 11) is -1.62. The molecule has 3 rings (SSSR count). The Balaban J connectivity index is 1.59. The van der Waals surface area contributed by atoms with Crippen LogP contribution in [-0.2, 0) is 21.2 Å². The van der Waals surface area contributed by atoms with E-state index < -0.39 is 40.4 Å². The molecule has 0 aliphatic rings. The molecule has 0 aliphatic carbocycles. The van der Waals surface area contributed by atoms with Gasteiger partial charge in [0.2, 0.25) is 0 Å². The second kappa shape index (κ2) is 14.1. The van der Waals surface area contributed by atoms with E-state index in [9.17, 15) is 27.6 Å². The van der Waals surface area contributed by atoms with Crippen molar-refractivity contribution in [3.63, 3.8) is 0 Å². The van der Waals surface area contributed by atoms with E-state index in [4.69, 9.17) is 30.9 Å². The number of carbonyl (C=O) groups is 4. The summed E-state index contributed by atoms with van der Waals surface area (Å²) in [5, 5.41) is 13.6. The van der Waals surface area contributed by atoms with Crippen LogP contribution >= 0.6 is 11.6 Å². The van der Waals surface area contributed by atoms with E-state index in [1.54, 1.807) is 12.1 Å². The van der Waals surface area contributed by atoms with Crippen LogP contribution in [0.15, 0.2) is 59.6 Å². The number of ether oxygens (including phenoxy) is 3. The van der Waals surface area contributed by atoms with E-state index in [2.05, 4.69) is 10.3 Å². The number of pyridine rings is 1. The van der Waals surface area contributed by atoms with Gasteiger partial charge in [-0.05, 0) is 42.3 Å². The minimum atomic E-state index is -4.29. The number of rotatable bonds is 12. The molecule has 0 aliphatic heterocycles. The number of carboxylic acid groups (broad SMARTS) is 1. The third-order valence-electron chi connectivity index (χ3n) is 5.45. The fraction of sp³-hybridized carbons (Fsp3) is 0.192. The Morgan fingerprint density at radius 3 is 2.31 bits per heavy atom. The molecule has 0 fully saturated rings. The number of halogens is 1. The highest BCUT2D eigenvalue weighted by Gasteiger charge is 2.21. The van der Waals surface area contributed by atoms with Gasteiger partial charge in [-0.2, -0.15) is 0 Å². The Labute approximate surface area is 245 Å². The van der Waals surface area contributed by atoms with Crippen molar-refractivity contribution in [1.29, 1.82) is 0 Å². The molecule has 3 aromatic rings. The van der Waals surface area contributed by atoms with Gasteiger partial charge in [0.05, 0.1) is 35.3 Å². The molecule has 0 saturated carbocycles. The van der Waals surface area contributed by atoms with Gasteiger partial charge in [0.1, 0.15) is 12.3 Å². The number of aliphatic carboxylic acids is 1. The van der Waals surface area contributed by atoms with Crippen molar-refractivity contribution in [2.75, 3.05) is 27.3 Å². The first-order valence-corrected chi connectivity index (χ1v) is 13.8. The first kappa shape index (κ1) is 31.6. The van der Waals surface area contributed by atoms with Crippen molar-refractivity contribution in [2.24, 2.45) is 0 Å². The molecule has 1 heterocycles. The van der Waals surface area contributed by atoms with E-state index in [-0.39, 0.29) is 39.2 Å². The fourth-order valence-electron chi connectivity index (χ4n) is 3.35. The molecule has 0 spiro atoms. The first-order valence-electron chi connectivity index (χ1n) is 11.9. The Bertz CT molecular complexity index is 1600. The maximum atomic E-state index is 12.8. The maximum absolute atomic E-state index is 12.8. The Morgan fingerprint density at radius 2 is 1.67 bits per heavy atom. The molecule has 2 aromatic carbocycles. The lowest BCUT2D eigenvalue weighted by Gasteiger charge is -2.11. The van der Waals surface area contributed by atoms with Gasteiger partial charge in [-0.25, -0.2) is 22.9 Å². The van der Waals surface area contributed by atoms with Crippen LogP contribution in [0.1, 0.15) is 26.3 Å². The van der Waals surface area contributed by atoms with Crippen molar-refractivity contribution in [3.05, 3.63) is 76.4 Å². The first-order chi connectivity index (χ1) is 19.9. The lowest BCUT2D eigenvalue weighted by Crippen LogP contribution is -2.32. The summed E-state index contributed by atoms with van der Waals surface area (Å²) in [5.41, 5.74) is 0.746. The van der Waals surface area contributed by atoms with Gasteiger partial charge in [-0.1, -0.05) is 23.7 Å². The molecule has 16 heteroatoms. The van der Waals surface area contributed by atoms with Crippen LogP contribution in [-0.4, -0.2) is 69.7 Å². The highest BCUT2D eigenvalue weighted by molar-refractivity contribution is 7.90. The number of hydrogen-bond donors (Lipinski definition) is 4. The smallest absolute Gasteiger partial charge is 0.414 e. The minimum Gasteiger partial charge on any atom is -0.497 e. The van der Waals surface area contributed by atoms with Crippen LogP contribution in [0.2, 0.25) is 5.02 Å². The van der Waals surface area contributed by atoms with Gasteiger partial charge in [0.15, 0.2) is 5.75 Å². The summed E-state index contributed by atoms with van der Waals surface area (Å²) in [5.74, 6) is -2.81. The van der Waals surface area contributed by atoms with Crippen molar-refractivity contribution in [2.45, 2.75) is 11.3 Å². The standard InChI is InChI=1S/C26H25ClN4O10S/c1-39-17-5-8-20(27)19(12-17)24(35)28-10-9-15-3-6-18(7-4-15)42(37,38)31-23(34)16-11-21(40-2)25(29-13-16)41-26(36)30-14-22(32)33/h3-8,11-13H,9-10,14H2,1-2H3,(H,28,35)(H,30,36)(H,31,34)(H,32,33). The highest BCUT2D eigenvalue weighted by Crippen LogP contribution is 2.25. The molecular weight excluding hydrogens is 596 g/mol. The van der Waals surface area contributed by atoms with Crippen LogP contribution in [0.25, 0.3) is 0 Å². The number of nitrogens with one attached hydrogen (secondary N) is 3. The zero-order valence-electron chi connectivity index (χ0n) is 22.2. The summed E-state index contributed by atoms with van der Waals surface area (Å²) in [6.45, 7) is -0.457. The van der Waals surface area contributed by atoms with Gasteiger partial charge in [0.25, 0.3) is 27.7 Å². The molecule has 0 unspecified atom stereocenters. The van der Waals surface area contributed by atoms with E-state index in [1.165, 1.54) is 44.6 Å². The molecule has 0 atom stereocenters. The Hall–Kier alpha value is -4.89. The fourth-order valence-corrected chi connectivity index (χ4v) is 4.52. The van der Waals surface area contributed by atoms with Gasteiger partial charge in [0, 0.05) is 18.8 Å². The summed E-state index contributed by atoms with van der Waals surface area (Å²) >= 11 is 6.09. The predicted molar refractivity (Wildman–Crippen MR) is 148 cm³/mol. The van der Waals surface area contributed by atoms with E-state index in [1.807, 2.05) is 10.0 Å². The van der Waals surface area contributed by atoms with Crippen LogP contribution in [0.4, 0.5) is 4.79 Å². The number of benzene rings is 2. The molecule has 0 radical (unpaired) electrons. The minimum absolute atomic E-state index is 0.185. The SMILES string of the molecule is COc1ccc(Cl)c(C(=O)NCCc2ccc(S(=O)(=O)NC(=O)c3cnc(OC(=O)NCC(=O)O)c(OC)c3)cc2)c1. The Kier molecular flexibility index (Phi) is 10.6. The van der Waals surface area contributed by atoms with Crippen molar-refractivity contribution in [3.8, 4) is 17.4 Å². The quantitative estimate of drug-likeness (QED) is 0.231. The zero-order chi connectivity index (χ0) is 30.9. The molecule has 0 saturated heterocycles. The second-order valence-electron chi connectivity index (χ2n) is 8.30. The normalized spacial score (nSPS) is 10.7. The monoisotopic (exact) mass is 620 g/mol. The maximum Gasteiger partial charge on any atom is 0.414 e. The Morgan fingerprint density at radius 1 is 0.952 bits per heavy atom. The molecule has 222 valence electrons. The van der Waals surface area contributed by atoms with Crippen LogP contribution in [0, 0.1) is 0 Å². The third-order valence-corrected chi connectivity index (χ3v) is 7.13. The molecule has 0 bridgehead atoms. The lowest BCUT2D eigenvalue weighted by atomic mass is 10.1. The van der Waals surface area contributed by atoms with Crippen molar-refractivity contribution in [1.82, 2.24) is 20.3 Å². The van der Waals surface area contributed by atoms with Crippen LogP contribution in [0.5, 0.6) is 17.4 Å². The van der Waals surface area contributed by atoms with Gasteiger partial charge >= 0.3 is 12.1 Å². The van der Waals surface area contributed by atoms with E-state index in [0.717, 1.165) is 12.3 Å². The van der Waals surface area contributed by atoms with Crippen molar-refractivity contribution >= 4 is 45.5 Å². The summed E-state index contributed by atoms with van der Waals surface area (Å²) in [4.78, 5) is 50.9.